The fourth-order valence-corrected chi connectivity index (χ4v) is 3.80. The minimum atomic E-state index is -0.0244. The van der Waals surface area contributed by atoms with E-state index in [4.69, 9.17) is 9.72 Å². The van der Waals surface area contributed by atoms with Gasteiger partial charge in [-0.2, -0.15) is 5.10 Å². The number of fused-ring (bicyclic) bond motifs is 2. The third kappa shape index (κ3) is 2.87. The number of rotatable bonds is 3. The number of carbonyl (C=O) groups excluding carboxylic acids is 1. The highest BCUT2D eigenvalue weighted by Crippen LogP contribution is 2.27. The number of ether oxygens (including phenoxy) is 1. The molecule has 3 aromatic heterocycles. The van der Waals surface area contributed by atoms with Gasteiger partial charge >= 0.3 is 0 Å². The summed E-state index contributed by atoms with van der Waals surface area (Å²) in [5.41, 5.74) is 3.41. The van der Waals surface area contributed by atoms with Gasteiger partial charge in [0.05, 0.1) is 24.0 Å². The topological polar surface area (TPSA) is 84.7 Å². The molecule has 2 aliphatic rings. The molecular weight excluding hydrogens is 344 g/mol. The molecule has 0 saturated carbocycles. The third-order valence-electron chi connectivity index (χ3n) is 5.22. The number of nitrogens with zero attached hydrogens (tertiary/aromatic N) is 5. The molecule has 3 aromatic rings. The summed E-state index contributed by atoms with van der Waals surface area (Å²) in [5, 5.41) is 6.98. The first-order valence-electron chi connectivity index (χ1n) is 9.17. The van der Waals surface area contributed by atoms with Crippen LogP contribution >= 0.6 is 0 Å². The zero-order valence-electron chi connectivity index (χ0n) is 15.1. The van der Waals surface area contributed by atoms with E-state index < -0.39 is 0 Å². The van der Waals surface area contributed by atoms with Crippen molar-refractivity contribution in [3.63, 3.8) is 0 Å². The normalized spacial score (nSPS) is 17.2. The van der Waals surface area contributed by atoms with Crippen LogP contribution in [0.2, 0.25) is 0 Å². The van der Waals surface area contributed by atoms with Crippen molar-refractivity contribution in [1.82, 2.24) is 24.9 Å². The average Bonchev–Trinajstić information content (AvgIpc) is 3.28. The number of aryl methyl sites for hydroxylation is 1. The molecule has 27 heavy (non-hydrogen) atoms. The van der Waals surface area contributed by atoms with Crippen LogP contribution in [0, 0.1) is 6.92 Å². The molecule has 5 heterocycles. The minimum absolute atomic E-state index is 0.0244. The Morgan fingerprint density at radius 1 is 1.26 bits per heavy atom. The predicted molar refractivity (Wildman–Crippen MR) is 99.0 cm³/mol. The number of hydrogen-bond acceptors (Lipinski definition) is 6. The fraction of sp³-hybridized carbons (Fsp3) is 0.368. The number of anilines is 1. The maximum atomic E-state index is 11.8. The maximum absolute atomic E-state index is 11.8. The lowest BCUT2D eigenvalue weighted by Gasteiger charge is -2.33. The number of amides is 1. The Balaban J connectivity index is 1.27. The molecule has 2 aliphatic heterocycles. The third-order valence-corrected chi connectivity index (χ3v) is 5.22. The van der Waals surface area contributed by atoms with Gasteiger partial charge in [-0.05, 0) is 30.7 Å². The van der Waals surface area contributed by atoms with E-state index in [1.807, 2.05) is 31.3 Å². The van der Waals surface area contributed by atoms with Gasteiger partial charge in [0.1, 0.15) is 24.0 Å². The summed E-state index contributed by atoms with van der Waals surface area (Å²) >= 11 is 0. The highest BCUT2D eigenvalue weighted by molar-refractivity contribution is 5.98. The molecular formula is C19H20N6O2. The Labute approximate surface area is 156 Å². The second-order valence-corrected chi connectivity index (χ2v) is 7.04. The molecule has 5 rings (SSSR count). The Kier molecular flexibility index (Phi) is 3.70. The van der Waals surface area contributed by atoms with Crippen molar-refractivity contribution in [3.05, 3.63) is 47.5 Å². The summed E-state index contributed by atoms with van der Waals surface area (Å²) in [6, 6.07) is 5.80. The lowest BCUT2D eigenvalue weighted by atomic mass is 10.1. The van der Waals surface area contributed by atoms with Crippen molar-refractivity contribution in [2.24, 2.45) is 0 Å². The number of hydrogen-bond donors (Lipinski definition) is 1. The molecule has 0 bridgehead atoms. The van der Waals surface area contributed by atoms with E-state index in [9.17, 15) is 4.79 Å². The van der Waals surface area contributed by atoms with Crippen LogP contribution in [0.3, 0.4) is 0 Å². The number of nitrogens with one attached hydrogen (secondary N) is 1. The van der Waals surface area contributed by atoms with Crippen LogP contribution in [-0.4, -0.2) is 44.7 Å². The Morgan fingerprint density at radius 3 is 2.96 bits per heavy atom. The molecule has 8 heteroatoms. The second kappa shape index (κ2) is 6.22. The van der Waals surface area contributed by atoms with Gasteiger partial charge in [-0.1, -0.05) is 0 Å². The van der Waals surface area contributed by atoms with Crippen LogP contribution in [0.5, 0.6) is 5.75 Å². The van der Waals surface area contributed by atoms with Gasteiger partial charge in [-0.3, -0.25) is 4.79 Å². The van der Waals surface area contributed by atoms with Crippen molar-refractivity contribution in [1.29, 1.82) is 0 Å². The van der Waals surface area contributed by atoms with Crippen molar-refractivity contribution >= 4 is 17.4 Å². The summed E-state index contributed by atoms with van der Waals surface area (Å²) in [6.45, 7) is 4.30. The van der Waals surface area contributed by atoms with Crippen LogP contribution in [0.1, 0.15) is 34.5 Å². The summed E-state index contributed by atoms with van der Waals surface area (Å²) in [5.74, 6) is 1.76. The summed E-state index contributed by atoms with van der Waals surface area (Å²) in [7, 11) is 0. The Morgan fingerprint density at radius 2 is 2.11 bits per heavy atom. The SMILES string of the molecule is Cc1cc2c(nc1N1CCC(Oc3ccc4ncnn4c3)CC1)CNC2=O. The molecule has 1 saturated heterocycles. The van der Waals surface area contributed by atoms with Gasteiger partial charge in [0.2, 0.25) is 0 Å². The number of carbonyl (C=O) groups is 1. The zero-order chi connectivity index (χ0) is 18.4. The van der Waals surface area contributed by atoms with Crippen molar-refractivity contribution in [2.75, 3.05) is 18.0 Å². The first-order valence-corrected chi connectivity index (χ1v) is 9.17. The molecule has 0 atom stereocenters. The summed E-state index contributed by atoms with van der Waals surface area (Å²) < 4.78 is 7.86. The maximum Gasteiger partial charge on any atom is 0.253 e. The van der Waals surface area contributed by atoms with E-state index in [-0.39, 0.29) is 12.0 Å². The first-order chi connectivity index (χ1) is 13.2. The van der Waals surface area contributed by atoms with Crippen LogP contribution in [-0.2, 0) is 6.54 Å². The lowest BCUT2D eigenvalue weighted by Crippen LogP contribution is -2.39. The number of pyridine rings is 2. The van der Waals surface area contributed by atoms with E-state index in [2.05, 4.69) is 20.3 Å². The molecule has 0 radical (unpaired) electrons. The van der Waals surface area contributed by atoms with Gasteiger partial charge in [0.15, 0.2) is 5.65 Å². The lowest BCUT2D eigenvalue weighted by molar-refractivity contribution is 0.0965. The second-order valence-electron chi connectivity index (χ2n) is 7.04. The van der Waals surface area contributed by atoms with E-state index in [0.717, 1.165) is 54.4 Å². The largest absolute Gasteiger partial charge is 0.489 e. The van der Waals surface area contributed by atoms with E-state index >= 15 is 0 Å². The first kappa shape index (κ1) is 16.0. The molecule has 0 spiro atoms. The van der Waals surface area contributed by atoms with Gasteiger partial charge in [0.25, 0.3) is 5.91 Å². The molecule has 8 nitrogen and oxygen atoms in total. The number of aromatic nitrogens is 4. The van der Waals surface area contributed by atoms with E-state index in [1.54, 1.807) is 4.52 Å². The van der Waals surface area contributed by atoms with Gasteiger partial charge in [-0.25, -0.2) is 14.5 Å². The Hall–Kier alpha value is -3.16. The van der Waals surface area contributed by atoms with Crippen LogP contribution in [0.15, 0.2) is 30.7 Å². The van der Waals surface area contributed by atoms with Crippen LogP contribution in [0.25, 0.3) is 5.65 Å². The summed E-state index contributed by atoms with van der Waals surface area (Å²) in [6.07, 6.45) is 5.41. The Bertz CT molecular complexity index is 1020. The molecule has 1 N–H and O–H groups in total. The molecule has 0 aromatic carbocycles. The quantitative estimate of drug-likeness (QED) is 0.762. The van der Waals surface area contributed by atoms with Crippen LogP contribution < -0.4 is 15.0 Å². The van der Waals surface area contributed by atoms with Crippen molar-refractivity contribution in [3.8, 4) is 5.75 Å². The standard InChI is InChI=1S/C19H20N6O2/c1-12-8-15-16(9-20-19(15)26)23-18(12)24-6-4-13(5-7-24)27-14-2-3-17-21-11-22-25(17)10-14/h2-3,8,10-11,13H,4-7,9H2,1H3,(H,20,26). The smallest absolute Gasteiger partial charge is 0.253 e. The van der Waals surface area contributed by atoms with Crippen molar-refractivity contribution < 1.29 is 9.53 Å². The van der Waals surface area contributed by atoms with E-state index in [1.165, 1.54) is 6.33 Å². The van der Waals surface area contributed by atoms with Gasteiger partial charge in [-0.15, -0.1) is 0 Å². The average molecular weight is 364 g/mol. The molecule has 138 valence electrons. The number of piperidine rings is 1. The molecule has 1 fully saturated rings. The van der Waals surface area contributed by atoms with Gasteiger partial charge < -0.3 is 15.0 Å². The highest BCUT2D eigenvalue weighted by Gasteiger charge is 2.26. The van der Waals surface area contributed by atoms with Gasteiger partial charge in [0, 0.05) is 25.9 Å². The highest BCUT2D eigenvalue weighted by atomic mass is 16.5. The zero-order valence-corrected chi connectivity index (χ0v) is 15.1. The predicted octanol–water partition coefficient (Wildman–Crippen LogP) is 1.72. The molecule has 0 aliphatic carbocycles. The monoisotopic (exact) mass is 364 g/mol. The van der Waals surface area contributed by atoms with Crippen molar-refractivity contribution in [2.45, 2.75) is 32.4 Å². The fourth-order valence-electron chi connectivity index (χ4n) is 3.80. The van der Waals surface area contributed by atoms with E-state index in [0.29, 0.717) is 12.1 Å². The molecule has 0 unspecified atom stereocenters. The molecule has 1 amide bonds. The van der Waals surface area contributed by atoms with Crippen LogP contribution in [0.4, 0.5) is 5.82 Å². The minimum Gasteiger partial charge on any atom is -0.489 e. The summed E-state index contributed by atoms with van der Waals surface area (Å²) in [4.78, 5) is 23.0.